The summed E-state index contributed by atoms with van der Waals surface area (Å²) in [5.41, 5.74) is 2.58. The summed E-state index contributed by atoms with van der Waals surface area (Å²) in [5.74, 6) is 0.114. The lowest BCUT2D eigenvalue weighted by atomic mass is 9.96. The van der Waals surface area contributed by atoms with Crippen molar-refractivity contribution >= 4 is 5.91 Å². The van der Waals surface area contributed by atoms with Crippen LogP contribution in [0.1, 0.15) is 44.6 Å². The Hall–Kier alpha value is -1.55. The monoisotopic (exact) mass is 251 g/mol. The number of carbonyl (C=O) groups excluding carboxylic acids is 1. The molecule has 0 aromatic heterocycles. The molecule has 1 aromatic rings. The molecule has 0 saturated heterocycles. The summed E-state index contributed by atoms with van der Waals surface area (Å²) >= 11 is 0. The van der Waals surface area contributed by atoms with Gasteiger partial charge in [-0.1, -0.05) is 32.4 Å². The molecule has 1 atom stereocenters. The summed E-state index contributed by atoms with van der Waals surface area (Å²) in [6, 6.07) is 7.45. The highest BCUT2D eigenvalue weighted by molar-refractivity contribution is 5.82. The molecule has 2 N–H and O–H groups in total. The van der Waals surface area contributed by atoms with Gasteiger partial charge in [-0.15, -0.1) is 0 Å². The van der Waals surface area contributed by atoms with Crippen LogP contribution in [-0.2, 0) is 4.79 Å². The largest absolute Gasteiger partial charge is 0.494 e. The van der Waals surface area contributed by atoms with Crippen LogP contribution in [-0.4, -0.2) is 17.7 Å². The molecule has 0 heterocycles. The molecule has 0 bridgehead atoms. The Balaban J connectivity index is 2.65. The van der Waals surface area contributed by atoms with Crippen LogP contribution in [0.3, 0.4) is 0 Å². The number of benzene rings is 1. The van der Waals surface area contributed by atoms with Gasteiger partial charge in [-0.3, -0.25) is 10.0 Å². The van der Waals surface area contributed by atoms with Crippen LogP contribution >= 0.6 is 0 Å². The smallest absolute Gasteiger partial charge is 0.250 e. The van der Waals surface area contributed by atoms with Gasteiger partial charge >= 0.3 is 0 Å². The van der Waals surface area contributed by atoms with Crippen molar-refractivity contribution in [1.29, 1.82) is 0 Å². The Morgan fingerprint density at radius 3 is 2.50 bits per heavy atom. The average molecular weight is 251 g/mol. The molecule has 1 amide bonds. The number of hydroxylamine groups is 1. The van der Waals surface area contributed by atoms with Gasteiger partial charge in [-0.25, -0.2) is 5.48 Å². The molecule has 1 rings (SSSR count). The van der Waals surface area contributed by atoms with Crippen molar-refractivity contribution in [2.75, 3.05) is 6.61 Å². The standard InChI is InChI=1S/C14H21NO3/c1-3-5-10-18-12-8-6-11(7-9-12)13(4-2)14(16)15-17/h6-9,13,17H,3-5,10H2,1-2H3,(H,15,16). The molecule has 4 heteroatoms. The molecule has 100 valence electrons. The Morgan fingerprint density at radius 1 is 1.33 bits per heavy atom. The van der Waals surface area contributed by atoms with Gasteiger partial charge in [0.25, 0.3) is 5.91 Å². The second-order valence-electron chi connectivity index (χ2n) is 4.21. The molecule has 1 unspecified atom stereocenters. The summed E-state index contributed by atoms with van der Waals surface area (Å²) in [5, 5.41) is 8.67. The number of carbonyl (C=O) groups is 1. The van der Waals surface area contributed by atoms with E-state index in [0.29, 0.717) is 13.0 Å². The lowest BCUT2D eigenvalue weighted by Crippen LogP contribution is -2.25. The summed E-state index contributed by atoms with van der Waals surface area (Å²) < 4.78 is 5.55. The van der Waals surface area contributed by atoms with Crippen LogP contribution in [0, 0.1) is 0 Å². The molecule has 4 nitrogen and oxygen atoms in total. The van der Waals surface area contributed by atoms with E-state index in [4.69, 9.17) is 9.94 Å². The summed E-state index contributed by atoms with van der Waals surface area (Å²) in [6.07, 6.45) is 2.78. The highest BCUT2D eigenvalue weighted by atomic mass is 16.5. The summed E-state index contributed by atoms with van der Waals surface area (Å²) in [4.78, 5) is 11.4. The Morgan fingerprint density at radius 2 is 2.00 bits per heavy atom. The van der Waals surface area contributed by atoms with E-state index in [0.717, 1.165) is 24.2 Å². The Bertz CT molecular complexity index is 362. The molecule has 0 aliphatic heterocycles. The van der Waals surface area contributed by atoms with Crippen LogP contribution in [0.2, 0.25) is 0 Å². The lowest BCUT2D eigenvalue weighted by Gasteiger charge is -2.13. The molecule has 0 aliphatic carbocycles. The van der Waals surface area contributed by atoms with Crippen LogP contribution in [0.15, 0.2) is 24.3 Å². The van der Waals surface area contributed by atoms with Gasteiger partial charge in [0, 0.05) is 0 Å². The molecular weight excluding hydrogens is 230 g/mol. The van der Waals surface area contributed by atoms with Crippen molar-refractivity contribution in [3.63, 3.8) is 0 Å². The molecule has 18 heavy (non-hydrogen) atoms. The van der Waals surface area contributed by atoms with Gasteiger partial charge in [0.1, 0.15) is 5.75 Å². The second-order valence-corrected chi connectivity index (χ2v) is 4.21. The fraction of sp³-hybridized carbons (Fsp3) is 0.500. The molecule has 0 aliphatic rings. The fourth-order valence-corrected chi connectivity index (χ4v) is 1.78. The van der Waals surface area contributed by atoms with E-state index >= 15 is 0 Å². The van der Waals surface area contributed by atoms with Gasteiger partial charge in [0.15, 0.2) is 0 Å². The predicted molar refractivity (Wildman–Crippen MR) is 69.8 cm³/mol. The topological polar surface area (TPSA) is 58.6 Å². The van der Waals surface area contributed by atoms with Crippen LogP contribution in [0.5, 0.6) is 5.75 Å². The molecule has 1 aromatic carbocycles. The molecule has 0 saturated carbocycles. The van der Waals surface area contributed by atoms with Gasteiger partial charge in [-0.2, -0.15) is 0 Å². The minimum absolute atomic E-state index is 0.320. The molecule has 0 spiro atoms. The predicted octanol–water partition coefficient (Wildman–Crippen LogP) is 2.86. The maximum Gasteiger partial charge on any atom is 0.250 e. The van der Waals surface area contributed by atoms with Crippen molar-refractivity contribution < 1.29 is 14.7 Å². The van der Waals surface area contributed by atoms with E-state index in [1.54, 1.807) is 5.48 Å². The van der Waals surface area contributed by atoms with E-state index in [1.807, 2.05) is 31.2 Å². The lowest BCUT2D eigenvalue weighted by molar-refractivity contribution is -0.130. The van der Waals surface area contributed by atoms with E-state index in [2.05, 4.69) is 6.92 Å². The molecule has 0 fully saturated rings. The third-order valence-electron chi connectivity index (χ3n) is 2.88. The number of unbranched alkanes of at least 4 members (excludes halogenated alkanes) is 1. The van der Waals surface area contributed by atoms with Crippen molar-refractivity contribution in [2.24, 2.45) is 0 Å². The van der Waals surface area contributed by atoms with Crippen LogP contribution in [0.25, 0.3) is 0 Å². The number of hydrogen-bond acceptors (Lipinski definition) is 3. The van der Waals surface area contributed by atoms with Crippen molar-refractivity contribution in [3.05, 3.63) is 29.8 Å². The number of hydrogen-bond donors (Lipinski definition) is 2. The second kappa shape index (κ2) is 7.71. The van der Waals surface area contributed by atoms with Gasteiger partial charge in [0.05, 0.1) is 12.5 Å². The van der Waals surface area contributed by atoms with E-state index < -0.39 is 0 Å². The number of amides is 1. The highest BCUT2D eigenvalue weighted by Crippen LogP contribution is 2.22. The Labute approximate surface area is 108 Å². The maximum atomic E-state index is 11.4. The van der Waals surface area contributed by atoms with Crippen molar-refractivity contribution in [1.82, 2.24) is 5.48 Å². The summed E-state index contributed by atoms with van der Waals surface area (Å²) in [6.45, 7) is 4.74. The minimum Gasteiger partial charge on any atom is -0.494 e. The normalized spacial score (nSPS) is 11.9. The third-order valence-corrected chi connectivity index (χ3v) is 2.88. The summed E-state index contributed by atoms with van der Waals surface area (Å²) in [7, 11) is 0. The van der Waals surface area contributed by atoms with Crippen molar-refractivity contribution in [3.8, 4) is 5.75 Å². The van der Waals surface area contributed by atoms with E-state index in [1.165, 1.54) is 0 Å². The van der Waals surface area contributed by atoms with Crippen molar-refractivity contribution in [2.45, 2.75) is 39.0 Å². The van der Waals surface area contributed by atoms with Gasteiger partial charge < -0.3 is 4.74 Å². The first kappa shape index (κ1) is 14.5. The zero-order valence-electron chi connectivity index (χ0n) is 11.0. The molecular formula is C14H21NO3. The first-order chi connectivity index (χ1) is 8.72. The van der Waals surface area contributed by atoms with Gasteiger partial charge in [0.2, 0.25) is 0 Å². The quantitative estimate of drug-likeness (QED) is 0.445. The SMILES string of the molecule is CCCCOc1ccc(C(CC)C(=O)NO)cc1. The average Bonchev–Trinajstić information content (AvgIpc) is 2.41. The number of nitrogens with one attached hydrogen (secondary N) is 1. The van der Waals surface area contributed by atoms with Crippen LogP contribution < -0.4 is 10.2 Å². The maximum absolute atomic E-state index is 11.4. The fourth-order valence-electron chi connectivity index (χ4n) is 1.78. The Kier molecular flexibility index (Phi) is 6.22. The van der Waals surface area contributed by atoms with E-state index in [9.17, 15) is 4.79 Å². The van der Waals surface area contributed by atoms with Crippen LogP contribution in [0.4, 0.5) is 0 Å². The zero-order valence-corrected chi connectivity index (χ0v) is 11.0. The molecule has 0 radical (unpaired) electrons. The third kappa shape index (κ3) is 4.04. The number of rotatable bonds is 7. The first-order valence-electron chi connectivity index (χ1n) is 6.39. The minimum atomic E-state index is -0.378. The number of ether oxygens (including phenoxy) is 1. The van der Waals surface area contributed by atoms with E-state index in [-0.39, 0.29) is 11.8 Å². The zero-order chi connectivity index (χ0) is 13.4. The highest BCUT2D eigenvalue weighted by Gasteiger charge is 2.17. The first-order valence-corrected chi connectivity index (χ1v) is 6.39. The van der Waals surface area contributed by atoms with Gasteiger partial charge in [-0.05, 0) is 30.5 Å².